The standard InChI is InChI=1S/C20H13ClF3N3O2S2/c1-2-7-27-18(29)14(17(28)26-19(27)30)9-15-16(8-11(10-25-15)20(22,23)24)31-13-5-3-12(21)4-6-13/h2-6,8-10H,1,7H2,(H,26,28,30). The smallest absolute Gasteiger partial charge is 0.298 e. The van der Waals surface area contributed by atoms with Gasteiger partial charge in [-0.05, 0) is 48.6 Å². The third-order valence-corrected chi connectivity index (χ3v) is 5.66. The number of amides is 2. The lowest BCUT2D eigenvalue weighted by molar-refractivity contribution is -0.138. The first-order valence-electron chi connectivity index (χ1n) is 8.60. The molecule has 0 radical (unpaired) electrons. The minimum atomic E-state index is -4.61. The van der Waals surface area contributed by atoms with Crippen molar-refractivity contribution in [2.45, 2.75) is 16.0 Å². The van der Waals surface area contributed by atoms with E-state index in [1.165, 1.54) is 6.08 Å². The average Bonchev–Trinajstić information content (AvgIpc) is 2.70. The molecule has 0 unspecified atom stereocenters. The highest BCUT2D eigenvalue weighted by Crippen LogP contribution is 2.36. The van der Waals surface area contributed by atoms with Gasteiger partial charge < -0.3 is 0 Å². The summed E-state index contributed by atoms with van der Waals surface area (Å²) in [6, 6.07) is 7.36. The van der Waals surface area contributed by atoms with Gasteiger partial charge in [0.15, 0.2) is 5.11 Å². The van der Waals surface area contributed by atoms with Gasteiger partial charge in [-0.1, -0.05) is 29.4 Å². The molecule has 2 heterocycles. The zero-order chi connectivity index (χ0) is 22.8. The Kier molecular flexibility index (Phi) is 6.83. The highest BCUT2D eigenvalue weighted by atomic mass is 35.5. The van der Waals surface area contributed by atoms with Gasteiger partial charge in [0.2, 0.25) is 0 Å². The van der Waals surface area contributed by atoms with Crippen LogP contribution in [0.25, 0.3) is 6.08 Å². The Labute approximate surface area is 190 Å². The number of halogens is 4. The molecule has 1 aliphatic heterocycles. The van der Waals surface area contributed by atoms with E-state index >= 15 is 0 Å². The molecule has 0 spiro atoms. The number of aromatic nitrogens is 1. The molecule has 160 valence electrons. The van der Waals surface area contributed by atoms with E-state index in [1.807, 2.05) is 0 Å². The van der Waals surface area contributed by atoms with Gasteiger partial charge in [0.25, 0.3) is 11.8 Å². The minimum absolute atomic E-state index is 0.0258. The number of rotatable bonds is 5. The van der Waals surface area contributed by atoms with E-state index in [9.17, 15) is 22.8 Å². The van der Waals surface area contributed by atoms with Gasteiger partial charge in [0.1, 0.15) is 5.57 Å². The van der Waals surface area contributed by atoms with Gasteiger partial charge >= 0.3 is 6.18 Å². The van der Waals surface area contributed by atoms with Gasteiger partial charge in [0.05, 0.1) is 11.3 Å². The van der Waals surface area contributed by atoms with Crippen molar-refractivity contribution in [3.8, 4) is 0 Å². The van der Waals surface area contributed by atoms with Crippen molar-refractivity contribution in [3.63, 3.8) is 0 Å². The first kappa shape index (κ1) is 23.0. The Morgan fingerprint density at radius 1 is 1.26 bits per heavy atom. The Morgan fingerprint density at radius 2 is 1.94 bits per heavy atom. The number of hydrogen-bond acceptors (Lipinski definition) is 5. The number of carbonyl (C=O) groups is 2. The molecular formula is C20H13ClF3N3O2S2. The van der Waals surface area contributed by atoms with Crippen molar-refractivity contribution in [3.05, 3.63) is 71.0 Å². The van der Waals surface area contributed by atoms with Crippen molar-refractivity contribution >= 4 is 58.6 Å². The molecule has 1 aromatic carbocycles. The van der Waals surface area contributed by atoms with E-state index in [2.05, 4.69) is 16.9 Å². The largest absolute Gasteiger partial charge is 0.417 e. The Hall–Kier alpha value is -2.69. The van der Waals surface area contributed by atoms with Crippen molar-refractivity contribution in [2.24, 2.45) is 0 Å². The second kappa shape index (κ2) is 9.21. The number of thiocarbonyl (C=S) groups is 1. The number of hydrogen-bond donors (Lipinski definition) is 1. The Balaban J connectivity index is 2.07. The van der Waals surface area contributed by atoms with Crippen LogP contribution >= 0.6 is 35.6 Å². The summed E-state index contributed by atoms with van der Waals surface area (Å²) in [5.41, 5.74) is -1.24. The summed E-state index contributed by atoms with van der Waals surface area (Å²) in [6.45, 7) is 3.59. The lowest BCUT2D eigenvalue weighted by atomic mass is 10.1. The van der Waals surface area contributed by atoms with Crippen molar-refractivity contribution in [1.29, 1.82) is 0 Å². The van der Waals surface area contributed by atoms with Crippen molar-refractivity contribution in [2.75, 3.05) is 6.54 Å². The second-order valence-corrected chi connectivity index (χ2v) is 8.12. The van der Waals surface area contributed by atoms with E-state index < -0.39 is 23.6 Å². The fraction of sp³-hybridized carbons (Fsp3) is 0.100. The number of carbonyl (C=O) groups excluding carboxylic acids is 2. The lowest BCUT2D eigenvalue weighted by Gasteiger charge is -2.27. The second-order valence-electron chi connectivity index (χ2n) is 6.18. The Morgan fingerprint density at radius 3 is 2.55 bits per heavy atom. The molecule has 11 heteroatoms. The summed E-state index contributed by atoms with van der Waals surface area (Å²) in [6.07, 6.45) is -1.39. The maximum atomic E-state index is 13.2. The molecule has 3 rings (SSSR count). The highest BCUT2D eigenvalue weighted by Gasteiger charge is 2.34. The van der Waals surface area contributed by atoms with Crippen LogP contribution in [0.2, 0.25) is 5.02 Å². The van der Waals surface area contributed by atoms with E-state index in [1.54, 1.807) is 24.3 Å². The van der Waals surface area contributed by atoms with Crippen molar-refractivity contribution in [1.82, 2.24) is 15.2 Å². The first-order valence-corrected chi connectivity index (χ1v) is 10.2. The lowest BCUT2D eigenvalue weighted by Crippen LogP contribution is -2.53. The van der Waals surface area contributed by atoms with E-state index in [-0.39, 0.29) is 27.8 Å². The minimum Gasteiger partial charge on any atom is -0.298 e. The number of nitrogens with one attached hydrogen (secondary N) is 1. The van der Waals surface area contributed by atoms with Gasteiger partial charge in [-0.3, -0.25) is 24.8 Å². The molecule has 1 saturated heterocycles. The summed E-state index contributed by atoms with van der Waals surface area (Å²) in [4.78, 5) is 30.7. The number of pyridine rings is 1. The van der Waals surface area contributed by atoms with Crippen LogP contribution in [0.5, 0.6) is 0 Å². The topological polar surface area (TPSA) is 62.3 Å². The summed E-state index contributed by atoms with van der Waals surface area (Å²) >= 11 is 11.8. The van der Waals surface area contributed by atoms with Crippen LogP contribution < -0.4 is 5.32 Å². The molecule has 1 aromatic heterocycles. The van der Waals surface area contributed by atoms with Crippen LogP contribution in [-0.2, 0) is 15.8 Å². The van der Waals surface area contributed by atoms with Crippen LogP contribution in [0.4, 0.5) is 13.2 Å². The molecule has 31 heavy (non-hydrogen) atoms. The normalized spacial score (nSPS) is 15.9. The molecule has 1 fully saturated rings. The van der Waals surface area contributed by atoms with Crippen LogP contribution in [-0.4, -0.2) is 33.4 Å². The number of benzene rings is 1. The molecule has 2 aromatic rings. The first-order chi connectivity index (χ1) is 14.6. The van der Waals surface area contributed by atoms with Gasteiger partial charge in [0, 0.05) is 27.6 Å². The fourth-order valence-electron chi connectivity index (χ4n) is 2.56. The molecule has 0 aliphatic carbocycles. The van der Waals surface area contributed by atoms with Crippen LogP contribution in [0.3, 0.4) is 0 Å². The predicted molar refractivity (Wildman–Crippen MR) is 115 cm³/mol. The molecule has 1 aliphatic rings. The predicted octanol–water partition coefficient (Wildman–Crippen LogP) is 4.72. The zero-order valence-electron chi connectivity index (χ0n) is 15.6. The summed E-state index contributed by atoms with van der Waals surface area (Å²) in [7, 11) is 0. The average molecular weight is 484 g/mol. The van der Waals surface area contributed by atoms with E-state index in [0.29, 0.717) is 16.1 Å². The molecule has 0 atom stereocenters. The SMILES string of the molecule is C=CCN1C(=O)C(=Cc2ncc(C(F)(F)F)cc2Sc2ccc(Cl)cc2)C(=O)NC1=S. The van der Waals surface area contributed by atoms with Gasteiger partial charge in [-0.15, -0.1) is 6.58 Å². The molecule has 0 bridgehead atoms. The van der Waals surface area contributed by atoms with Gasteiger partial charge in [-0.25, -0.2) is 0 Å². The number of alkyl halides is 3. The quantitative estimate of drug-likeness (QED) is 0.289. The molecule has 5 nitrogen and oxygen atoms in total. The molecule has 1 N–H and O–H groups in total. The molecule has 0 saturated carbocycles. The van der Waals surface area contributed by atoms with Crippen LogP contribution in [0, 0.1) is 0 Å². The third kappa shape index (κ3) is 5.33. The summed E-state index contributed by atoms with van der Waals surface area (Å²) < 4.78 is 39.7. The van der Waals surface area contributed by atoms with E-state index in [0.717, 1.165) is 28.8 Å². The molecular weight excluding hydrogens is 471 g/mol. The van der Waals surface area contributed by atoms with Crippen molar-refractivity contribution < 1.29 is 22.8 Å². The fourth-order valence-corrected chi connectivity index (χ4v) is 3.86. The third-order valence-electron chi connectivity index (χ3n) is 4.03. The monoisotopic (exact) mass is 483 g/mol. The highest BCUT2D eigenvalue weighted by molar-refractivity contribution is 7.99. The summed E-state index contributed by atoms with van der Waals surface area (Å²) in [5.74, 6) is -1.46. The zero-order valence-corrected chi connectivity index (χ0v) is 18.0. The Bertz CT molecular complexity index is 1100. The maximum absolute atomic E-state index is 13.2. The maximum Gasteiger partial charge on any atom is 0.417 e. The summed E-state index contributed by atoms with van der Waals surface area (Å²) in [5, 5.41) is 2.77. The van der Waals surface area contributed by atoms with E-state index in [4.69, 9.17) is 23.8 Å². The van der Waals surface area contributed by atoms with Gasteiger partial charge in [-0.2, -0.15) is 13.2 Å². The van der Waals surface area contributed by atoms with Crippen LogP contribution in [0.1, 0.15) is 11.3 Å². The van der Waals surface area contributed by atoms with Crippen LogP contribution in [0.15, 0.2) is 64.5 Å². The number of nitrogens with zero attached hydrogens (tertiary/aromatic N) is 2. The molecule has 2 amide bonds.